The first-order valence-electron chi connectivity index (χ1n) is 7.36. The second kappa shape index (κ2) is 6.81. The molecule has 3 nitrogen and oxygen atoms in total. The maximum Gasteiger partial charge on any atom is 0.133 e. The van der Waals surface area contributed by atoms with E-state index in [1.165, 1.54) is 12.1 Å². The molecule has 21 heavy (non-hydrogen) atoms. The number of hydrogen-bond acceptors (Lipinski definition) is 3. The Kier molecular flexibility index (Phi) is 5.30. The number of ether oxygens (including phenoxy) is 2. The molecule has 1 aliphatic rings. The lowest BCUT2D eigenvalue weighted by Crippen LogP contribution is -2.50. The van der Waals surface area contributed by atoms with Gasteiger partial charge in [0.05, 0.1) is 11.6 Å². The standard InChI is InChI=1S/C16H23F2NO2/c1-4-19-15(16(20-3)7-9-21-10-8-16)13-12(17)6-5-11(2)14(13)18/h5-6,15,19H,4,7-10H2,1-3H3. The molecule has 1 aliphatic heterocycles. The fraction of sp³-hybridized carbons (Fsp3) is 0.625. The molecule has 1 atom stereocenters. The molecular formula is C16H23F2NO2. The normalized spacial score (nSPS) is 19.5. The molecule has 1 heterocycles. The summed E-state index contributed by atoms with van der Waals surface area (Å²) < 4.78 is 39.9. The van der Waals surface area contributed by atoms with Crippen LogP contribution in [-0.4, -0.2) is 32.5 Å². The van der Waals surface area contributed by atoms with E-state index in [0.29, 0.717) is 38.2 Å². The molecule has 0 amide bonds. The monoisotopic (exact) mass is 299 g/mol. The predicted octanol–water partition coefficient (Wildman–Crippen LogP) is 3.12. The summed E-state index contributed by atoms with van der Waals surface area (Å²) in [5, 5.41) is 3.21. The number of nitrogens with one attached hydrogen (secondary N) is 1. The molecule has 118 valence electrons. The van der Waals surface area contributed by atoms with Gasteiger partial charge in [0.15, 0.2) is 0 Å². The van der Waals surface area contributed by atoms with Crippen LogP contribution in [0.25, 0.3) is 0 Å². The second-order valence-corrected chi connectivity index (χ2v) is 5.46. The molecule has 2 rings (SSSR count). The van der Waals surface area contributed by atoms with Gasteiger partial charge in [-0.3, -0.25) is 0 Å². The fourth-order valence-electron chi connectivity index (χ4n) is 3.03. The average molecular weight is 299 g/mol. The molecule has 0 saturated carbocycles. The third-order valence-electron chi connectivity index (χ3n) is 4.29. The molecule has 1 fully saturated rings. The van der Waals surface area contributed by atoms with Crippen molar-refractivity contribution in [1.82, 2.24) is 5.32 Å². The molecule has 5 heteroatoms. The number of likely N-dealkylation sites (N-methyl/N-ethyl adjacent to an activating group) is 1. The minimum Gasteiger partial charge on any atom is -0.381 e. The summed E-state index contributed by atoms with van der Waals surface area (Å²) in [4.78, 5) is 0. The highest BCUT2D eigenvalue weighted by molar-refractivity contribution is 5.31. The van der Waals surface area contributed by atoms with Crippen LogP contribution >= 0.6 is 0 Å². The van der Waals surface area contributed by atoms with E-state index in [4.69, 9.17) is 9.47 Å². The number of methoxy groups -OCH3 is 1. The third kappa shape index (κ3) is 3.10. The average Bonchev–Trinajstić information content (AvgIpc) is 2.51. The van der Waals surface area contributed by atoms with Gasteiger partial charge in [0.25, 0.3) is 0 Å². The smallest absolute Gasteiger partial charge is 0.133 e. The SMILES string of the molecule is CCNC(c1c(F)ccc(C)c1F)C1(OC)CCOCC1. The minimum atomic E-state index is -0.649. The molecule has 1 aromatic rings. The van der Waals surface area contributed by atoms with Gasteiger partial charge < -0.3 is 14.8 Å². The lowest BCUT2D eigenvalue weighted by Gasteiger charge is -2.43. The Morgan fingerprint density at radius 1 is 1.33 bits per heavy atom. The summed E-state index contributed by atoms with van der Waals surface area (Å²) in [6.07, 6.45) is 1.21. The van der Waals surface area contributed by atoms with Gasteiger partial charge in [0, 0.05) is 38.7 Å². The zero-order valence-electron chi connectivity index (χ0n) is 12.8. The lowest BCUT2D eigenvalue weighted by atomic mass is 9.81. The number of rotatable bonds is 5. The van der Waals surface area contributed by atoms with E-state index in [-0.39, 0.29) is 5.56 Å². The summed E-state index contributed by atoms with van der Waals surface area (Å²) in [6, 6.07) is 2.25. The highest BCUT2D eigenvalue weighted by Gasteiger charge is 2.43. The molecule has 0 aliphatic carbocycles. The molecule has 0 aromatic heterocycles. The van der Waals surface area contributed by atoms with Crippen molar-refractivity contribution in [3.05, 3.63) is 34.9 Å². The van der Waals surface area contributed by atoms with Crippen LogP contribution in [-0.2, 0) is 9.47 Å². The van der Waals surface area contributed by atoms with Crippen LogP contribution in [0.15, 0.2) is 12.1 Å². The summed E-state index contributed by atoms with van der Waals surface area (Å²) in [5.41, 5.74) is -0.141. The van der Waals surface area contributed by atoms with E-state index < -0.39 is 23.3 Å². The van der Waals surface area contributed by atoms with Crippen molar-refractivity contribution in [1.29, 1.82) is 0 Å². The van der Waals surface area contributed by atoms with Crippen LogP contribution in [0.1, 0.15) is 36.9 Å². The third-order valence-corrected chi connectivity index (χ3v) is 4.29. The van der Waals surface area contributed by atoms with E-state index in [9.17, 15) is 8.78 Å². The zero-order valence-corrected chi connectivity index (χ0v) is 12.8. The van der Waals surface area contributed by atoms with Gasteiger partial charge in [-0.25, -0.2) is 8.78 Å². The van der Waals surface area contributed by atoms with Gasteiger partial charge in [-0.1, -0.05) is 13.0 Å². The maximum absolute atomic E-state index is 14.5. The number of halogens is 2. The number of aryl methyl sites for hydroxylation is 1. The first-order valence-corrected chi connectivity index (χ1v) is 7.36. The summed E-state index contributed by atoms with van der Waals surface area (Å²) in [6.45, 7) is 5.23. The first kappa shape index (κ1) is 16.3. The maximum atomic E-state index is 14.5. The van der Waals surface area contributed by atoms with Crippen molar-refractivity contribution in [2.24, 2.45) is 0 Å². The van der Waals surface area contributed by atoms with Gasteiger partial charge in [-0.05, 0) is 25.1 Å². The second-order valence-electron chi connectivity index (χ2n) is 5.46. The molecular weight excluding hydrogens is 276 g/mol. The molecule has 1 aromatic carbocycles. The Balaban J connectivity index is 2.50. The van der Waals surface area contributed by atoms with Crippen LogP contribution in [0.5, 0.6) is 0 Å². The van der Waals surface area contributed by atoms with Gasteiger partial charge in [0.1, 0.15) is 11.6 Å². The summed E-state index contributed by atoms with van der Waals surface area (Å²) >= 11 is 0. The van der Waals surface area contributed by atoms with Crippen molar-refractivity contribution in [2.45, 2.75) is 38.3 Å². The lowest BCUT2D eigenvalue weighted by molar-refractivity contribution is -0.112. The van der Waals surface area contributed by atoms with Crippen LogP contribution in [0.4, 0.5) is 8.78 Å². The summed E-state index contributed by atoms with van der Waals surface area (Å²) in [7, 11) is 1.60. The van der Waals surface area contributed by atoms with Gasteiger partial charge in [-0.2, -0.15) is 0 Å². The number of benzene rings is 1. The first-order chi connectivity index (χ1) is 10.1. The largest absolute Gasteiger partial charge is 0.381 e. The van der Waals surface area contributed by atoms with E-state index in [1.807, 2.05) is 6.92 Å². The van der Waals surface area contributed by atoms with Crippen LogP contribution in [0.2, 0.25) is 0 Å². The Bertz CT molecular complexity index is 487. The Morgan fingerprint density at radius 2 is 2.00 bits per heavy atom. The number of hydrogen-bond donors (Lipinski definition) is 1. The predicted molar refractivity (Wildman–Crippen MR) is 77.3 cm³/mol. The zero-order chi connectivity index (χ0) is 15.5. The van der Waals surface area contributed by atoms with Crippen molar-refractivity contribution in [3.8, 4) is 0 Å². The van der Waals surface area contributed by atoms with Crippen molar-refractivity contribution >= 4 is 0 Å². The molecule has 0 spiro atoms. The van der Waals surface area contributed by atoms with E-state index in [0.717, 1.165) is 0 Å². The Labute approximate surface area is 124 Å². The minimum absolute atomic E-state index is 0.0700. The van der Waals surface area contributed by atoms with E-state index in [1.54, 1.807) is 14.0 Å². The molecule has 0 bridgehead atoms. The molecule has 0 radical (unpaired) electrons. The van der Waals surface area contributed by atoms with E-state index in [2.05, 4.69) is 5.32 Å². The van der Waals surface area contributed by atoms with E-state index >= 15 is 0 Å². The molecule has 1 unspecified atom stereocenters. The van der Waals surface area contributed by atoms with Crippen LogP contribution in [0.3, 0.4) is 0 Å². The highest BCUT2D eigenvalue weighted by atomic mass is 19.1. The van der Waals surface area contributed by atoms with Gasteiger partial charge in [-0.15, -0.1) is 0 Å². The van der Waals surface area contributed by atoms with Crippen LogP contribution < -0.4 is 5.32 Å². The Hall–Kier alpha value is -1.04. The quantitative estimate of drug-likeness (QED) is 0.906. The highest BCUT2D eigenvalue weighted by Crippen LogP contribution is 2.39. The van der Waals surface area contributed by atoms with Crippen molar-refractivity contribution < 1.29 is 18.3 Å². The van der Waals surface area contributed by atoms with Gasteiger partial charge >= 0.3 is 0 Å². The van der Waals surface area contributed by atoms with Crippen molar-refractivity contribution in [3.63, 3.8) is 0 Å². The molecule has 1 saturated heterocycles. The Morgan fingerprint density at radius 3 is 2.57 bits per heavy atom. The van der Waals surface area contributed by atoms with Crippen LogP contribution in [0, 0.1) is 18.6 Å². The summed E-state index contributed by atoms with van der Waals surface area (Å²) in [5.74, 6) is -1.03. The fourth-order valence-corrected chi connectivity index (χ4v) is 3.03. The van der Waals surface area contributed by atoms with Gasteiger partial charge in [0.2, 0.25) is 0 Å². The molecule has 1 N–H and O–H groups in total. The topological polar surface area (TPSA) is 30.5 Å². The van der Waals surface area contributed by atoms with Crippen molar-refractivity contribution in [2.75, 3.05) is 26.9 Å².